The highest BCUT2D eigenvalue weighted by Crippen LogP contribution is 1.56. The van der Waals surface area contributed by atoms with Gasteiger partial charge in [-0.2, -0.15) is 0 Å². The van der Waals surface area contributed by atoms with Crippen molar-refractivity contribution in [3.63, 3.8) is 0 Å². The highest BCUT2D eigenvalue weighted by Gasteiger charge is 1.92. The van der Waals surface area contributed by atoms with Crippen molar-refractivity contribution in [3.8, 4) is 0 Å². The summed E-state index contributed by atoms with van der Waals surface area (Å²) in [5, 5.41) is 0. The predicted octanol–water partition coefficient (Wildman–Crippen LogP) is -1.99. The lowest BCUT2D eigenvalue weighted by atomic mass is 10.5. The van der Waals surface area contributed by atoms with Crippen LogP contribution in [0.15, 0.2) is 12.7 Å². The second-order valence-electron chi connectivity index (χ2n) is 3.12. The van der Waals surface area contributed by atoms with Gasteiger partial charge in [0.2, 0.25) is 5.91 Å². The monoisotopic (exact) mass is 252 g/mol. The van der Waals surface area contributed by atoms with Crippen LogP contribution in [0.1, 0.15) is 41.0 Å². The quantitative estimate of drug-likeness (QED) is 0.560. The summed E-state index contributed by atoms with van der Waals surface area (Å²) >= 11 is 0. The van der Waals surface area contributed by atoms with Gasteiger partial charge in [0.05, 0.1) is 19.6 Å². The second kappa shape index (κ2) is 23.9. The third-order valence-electron chi connectivity index (χ3n) is 1.70. The molecule has 0 radical (unpaired) electrons. The van der Waals surface area contributed by atoms with Gasteiger partial charge >= 0.3 is 0 Å². The van der Waals surface area contributed by atoms with Crippen molar-refractivity contribution in [1.82, 2.24) is 0 Å². The Bertz CT molecular complexity index is 131. The van der Waals surface area contributed by atoms with Gasteiger partial charge in [-0.1, -0.05) is 26.8 Å². The fraction of sp³-hybridized carbons (Fsp3) is 0.750. The number of primary amides is 1. The number of carbonyl (C=O) groups excluding carboxylic acids is 1. The van der Waals surface area contributed by atoms with Gasteiger partial charge in [-0.3, -0.25) is 4.79 Å². The van der Waals surface area contributed by atoms with Crippen molar-refractivity contribution in [2.45, 2.75) is 41.0 Å². The highest BCUT2D eigenvalue weighted by molar-refractivity contribution is 5.84. The SMILES string of the molecule is C=CC(N)=O.CCC.CC[NH+](CC)CC.[Cl-]. The molecule has 3 N–H and O–H groups in total. The maximum Gasteiger partial charge on any atom is 0.240 e. The molecule has 0 rings (SSSR count). The van der Waals surface area contributed by atoms with Gasteiger partial charge in [0.1, 0.15) is 0 Å². The van der Waals surface area contributed by atoms with Gasteiger partial charge in [-0.05, 0) is 26.8 Å². The molecule has 0 aliphatic carbocycles. The molecule has 4 heteroatoms. The Morgan fingerprint density at radius 2 is 1.31 bits per heavy atom. The molecule has 0 saturated carbocycles. The molecule has 0 aromatic carbocycles. The van der Waals surface area contributed by atoms with E-state index in [0.29, 0.717) is 0 Å². The van der Waals surface area contributed by atoms with Crippen molar-refractivity contribution in [1.29, 1.82) is 0 Å². The van der Waals surface area contributed by atoms with E-state index in [0.717, 1.165) is 6.08 Å². The zero-order chi connectivity index (χ0) is 12.7. The van der Waals surface area contributed by atoms with Crippen LogP contribution in [-0.2, 0) is 4.79 Å². The Hall–Kier alpha value is -0.540. The topological polar surface area (TPSA) is 47.5 Å². The Kier molecular flexibility index (Phi) is 36.8. The molecule has 1 amide bonds. The fourth-order valence-electron chi connectivity index (χ4n) is 0.750. The minimum atomic E-state index is -0.481. The van der Waals surface area contributed by atoms with E-state index in [9.17, 15) is 4.79 Å². The summed E-state index contributed by atoms with van der Waals surface area (Å²) in [6.45, 7) is 17.8. The molecule has 0 aromatic rings. The zero-order valence-corrected chi connectivity index (χ0v) is 12.2. The van der Waals surface area contributed by atoms with E-state index < -0.39 is 5.91 Å². The molecule has 3 nitrogen and oxygen atoms in total. The summed E-state index contributed by atoms with van der Waals surface area (Å²) in [7, 11) is 0. The van der Waals surface area contributed by atoms with Crippen LogP contribution in [0.2, 0.25) is 0 Å². The zero-order valence-electron chi connectivity index (χ0n) is 11.5. The third kappa shape index (κ3) is 37.5. The molecule has 0 heterocycles. The summed E-state index contributed by atoms with van der Waals surface area (Å²) in [6.07, 6.45) is 2.31. The summed E-state index contributed by atoms with van der Waals surface area (Å²) < 4.78 is 0. The molecule has 0 aromatic heterocycles. The van der Waals surface area contributed by atoms with Crippen LogP contribution in [0, 0.1) is 0 Å². The first-order chi connectivity index (χ1) is 7.03. The number of halogens is 1. The summed E-state index contributed by atoms with van der Waals surface area (Å²) in [5.74, 6) is -0.481. The van der Waals surface area contributed by atoms with Gasteiger partial charge in [0.15, 0.2) is 0 Å². The first-order valence-electron chi connectivity index (χ1n) is 5.79. The average Bonchev–Trinajstić information content (AvgIpc) is 2.22. The molecule has 0 saturated heterocycles. The minimum absolute atomic E-state index is 0. The van der Waals surface area contributed by atoms with Crippen molar-refractivity contribution in [3.05, 3.63) is 12.7 Å². The number of hydrogen-bond acceptors (Lipinski definition) is 1. The molecular formula is C12H29ClN2O. The molecule has 0 spiro atoms. The Labute approximate surface area is 107 Å². The van der Waals surface area contributed by atoms with Gasteiger partial charge in [-0.25, -0.2) is 0 Å². The van der Waals surface area contributed by atoms with Gasteiger partial charge < -0.3 is 23.0 Å². The van der Waals surface area contributed by atoms with E-state index in [1.165, 1.54) is 26.1 Å². The standard InChI is InChI=1S/C6H15N.C3H5NO.C3H8.ClH/c1-4-7(5-2)6-3;1-2-3(4)5;1-3-2;/h4-6H2,1-3H3;2H,1H2,(H2,4,5);3H2,1-2H3;1H. The van der Waals surface area contributed by atoms with Gasteiger partial charge in [0, 0.05) is 0 Å². The molecule has 0 aliphatic rings. The van der Waals surface area contributed by atoms with Gasteiger partial charge in [0.25, 0.3) is 0 Å². The molecule has 0 bridgehead atoms. The highest BCUT2D eigenvalue weighted by atomic mass is 35.5. The molecule has 0 aliphatic heterocycles. The van der Waals surface area contributed by atoms with Gasteiger partial charge in [-0.15, -0.1) is 0 Å². The Morgan fingerprint density at radius 1 is 1.12 bits per heavy atom. The molecule has 100 valence electrons. The van der Waals surface area contributed by atoms with E-state index in [4.69, 9.17) is 0 Å². The summed E-state index contributed by atoms with van der Waals surface area (Å²) in [6, 6.07) is 0. The Morgan fingerprint density at radius 3 is 1.31 bits per heavy atom. The molecule has 0 fully saturated rings. The van der Waals surface area contributed by atoms with Crippen molar-refractivity contribution in [2.24, 2.45) is 5.73 Å². The van der Waals surface area contributed by atoms with E-state index >= 15 is 0 Å². The summed E-state index contributed by atoms with van der Waals surface area (Å²) in [4.78, 5) is 11.2. The van der Waals surface area contributed by atoms with Crippen LogP contribution in [0.25, 0.3) is 0 Å². The van der Waals surface area contributed by atoms with E-state index in [-0.39, 0.29) is 12.4 Å². The smallest absolute Gasteiger partial charge is 0.240 e. The van der Waals surface area contributed by atoms with E-state index in [1.54, 1.807) is 4.90 Å². The fourth-order valence-corrected chi connectivity index (χ4v) is 0.750. The molecule has 16 heavy (non-hydrogen) atoms. The minimum Gasteiger partial charge on any atom is -1.00 e. The first kappa shape index (κ1) is 24.6. The largest absolute Gasteiger partial charge is 1.00 e. The first-order valence-corrected chi connectivity index (χ1v) is 5.79. The van der Waals surface area contributed by atoms with Crippen LogP contribution in [-0.4, -0.2) is 25.5 Å². The number of nitrogens with one attached hydrogen (secondary N) is 1. The number of rotatable bonds is 4. The molecule has 0 unspecified atom stereocenters. The number of carbonyl (C=O) groups is 1. The lowest BCUT2D eigenvalue weighted by Gasteiger charge is -2.10. The van der Waals surface area contributed by atoms with Crippen LogP contribution in [0.3, 0.4) is 0 Å². The maximum absolute atomic E-state index is 9.47. The number of hydrogen-bond donors (Lipinski definition) is 2. The van der Waals surface area contributed by atoms with E-state index in [1.807, 2.05) is 0 Å². The van der Waals surface area contributed by atoms with Crippen molar-refractivity contribution >= 4 is 5.91 Å². The lowest BCUT2D eigenvalue weighted by Crippen LogP contribution is -3.11. The number of nitrogens with two attached hydrogens (primary N) is 1. The van der Waals surface area contributed by atoms with Crippen LogP contribution in [0.4, 0.5) is 0 Å². The maximum atomic E-state index is 9.47. The normalized spacial score (nSPS) is 7.62. The van der Waals surface area contributed by atoms with Crippen LogP contribution >= 0.6 is 0 Å². The van der Waals surface area contributed by atoms with Crippen molar-refractivity contribution < 1.29 is 22.1 Å². The number of quaternary nitrogens is 1. The summed E-state index contributed by atoms with van der Waals surface area (Å²) in [5.41, 5.74) is 4.53. The van der Waals surface area contributed by atoms with Crippen LogP contribution < -0.4 is 23.0 Å². The molecule has 0 atom stereocenters. The number of amides is 1. The Balaban J connectivity index is -0.0000000710. The molecular weight excluding hydrogens is 224 g/mol. The lowest BCUT2D eigenvalue weighted by molar-refractivity contribution is -0.894. The average molecular weight is 253 g/mol. The third-order valence-corrected chi connectivity index (χ3v) is 1.70. The second-order valence-corrected chi connectivity index (χ2v) is 3.12. The predicted molar refractivity (Wildman–Crippen MR) is 67.9 cm³/mol. The van der Waals surface area contributed by atoms with Crippen LogP contribution in [0.5, 0.6) is 0 Å². The van der Waals surface area contributed by atoms with Crippen molar-refractivity contribution in [2.75, 3.05) is 19.6 Å². The van der Waals surface area contributed by atoms with E-state index in [2.05, 4.69) is 46.9 Å².